The molecule has 0 atom stereocenters. The highest BCUT2D eigenvalue weighted by Gasteiger charge is 2.36. The maximum absolute atomic E-state index is 13.1. The molecule has 2 aromatic carbocycles. The van der Waals surface area contributed by atoms with Crippen molar-refractivity contribution in [3.63, 3.8) is 0 Å². The molecule has 7 heteroatoms. The third-order valence-corrected chi connectivity index (χ3v) is 3.58. The van der Waals surface area contributed by atoms with Gasteiger partial charge in [0.2, 0.25) is 11.7 Å². The smallest absolute Gasteiger partial charge is 0.451 e. The zero-order chi connectivity index (χ0) is 18.7. The largest absolute Gasteiger partial charge is 0.493 e. The average Bonchev–Trinajstić information content (AvgIpc) is 2.62. The Hall–Kier alpha value is -3.09. The Morgan fingerprint density at radius 3 is 2.46 bits per heavy atom. The van der Waals surface area contributed by atoms with E-state index < -0.39 is 12.0 Å². The van der Waals surface area contributed by atoms with Crippen LogP contribution in [-0.4, -0.2) is 17.1 Å². The fourth-order valence-electron chi connectivity index (χ4n) is 2.42. The van der Waals surface area contributed by atoms with E-state index in [1.54, 1.807) is 36.4 Å². The summed E-state index contributed by atoms with van der Waals surface area (Å²) < 4.78 is 50.3. The van der Waals surface area contributed by atoms with Crippen LogP contribution in [0.2, 0.25) is 0 Å². The van der Waals surface area contributed by atoms with Gasteiger partial charge in [-0.25, -0.2) is 4.98 Å². The van der Waals surface area contributed by atoms with Gasteiger partial charge in [-0.2, -0.15) is 18.2 Å². The van der Waals surface area contributed by atoms with Gasteiger partial charge in [0.1, 0.15) is 0 Å². The SMILES string of the molecule is CC=Cc1ccc(Oc2nc(C(F)(F)F)nc3ccccc23)c(OC)c1. The van der Waals surface area contributed by atoms with Crippen molar-refractivity contribution in [2.45, 2.75) is 13.1 Å². The first kappa shape index (κ1) is 17.7. The van der Waals surface area contributed by atoms with Crippen molar-refractivity contribution in [2.75, 3.05) is 7.11 Å². The van der Waals surface area contributed by atoms with E-state index in [1.807, 2.05) is 19.1 Å². The molecule has 1 aromatic heterocycles. The van der Waals surface area contributed by atoms with Gasteiger partial charge in [0.05, 0.1) is 18.0 Å². The number of methoxy groups -OCH3 is 1. The van der Waals surface area contributed by atoms with Gasteiger partial charge in [-0.3, -0.25) is 0 Å². The van der Waals surface area contributed by atoms with Crippen molar-refractivity contribution in [3.8, 4) is 17.4 Å². The van der Waals surface area contributed by atoms with Gasteiger partial charge in [0.15, 0.2) is 11.5 Å². The minimum atomic E-state index is -4.68. The summed E-state index contributed by atoms with van der Waals surface area (Å²) in [6.07, 6.45) is -0.945. The molecule has 0 aliphatic carbocycles. The quantitative estimate of drug-likeness (QED) is 0.618. The summed E-state index contributed by atoms with van der Waals surface area (Å²) in [5, 5.41) is 0.375. The van der Waals surface area contributed by atoms with E-state index in [0.717, 1.165) is 5.56 Å². The monoisotopic (exact) mass is 360 g/mol. The Bertz CT molecular complexity index is 969. The number of para-hydroxylation sites is 1. The standard InChI is InChI=1S/C19H15F3N2O2/c1-3-6-12-9-10-15(16(11-12)25-2)26-17-13-7-4-5-8-14(13)23-18(24-17)19(20,21)22/h3-11H,1-2H3. The summed E-state index contributed by atoms with van der Waals surface area (Å²) in [4.78, 5) is 7.15. The molecule has 0 saturated heterocycles. The van der Waals surface area contributed by atoms with Crippen LogP contribution in [0, 0.1) is 0 Å². The first-order chi connectivity index (χ1) is 12.4. The topological polar surface area (TPSA) is 44.2 Å². The Balaban J connectivity index is 2.11. The van der Waals surface area contributed by atoms with Gasteiger partial charge in [0.25, 0.3) is 0 Å². The van der Waals surface area contributed by atoms with E-state index in [1.165, 1.54) is 13.2 Å². The molecular formula is C19H15F3N2O2. The summed E-state index contributed by atoms with van der Waals surface area (Å²) in [6.45, 7) is 1.88. The number of ether oxygens (including phenoxy) is 2. The Morgan fingerprint density at radius 2 is 1.77 bits per heavy atom. The predicted molar refractivity (Wildman–Crippen MR) is 92.3 cm³/mol. The van der Waals surface area contributed by atoms with Gasteiger partial charge >= 0.3 is 6.18 Å². The Morgan fingerprint density at radius 1 is 1.00 bits per heavy atom. The molecule has 0 amide bonds. The fraction of sp³-hybridized carbons (Fsp3) is 0.158. The minimum Gasteiger partial charge on any atom is -0.493 e. The maximum Gasteiger partial charge on any atom is 0.451 e. The van der Waals surface area contributed by atoms with E-state index in [-0.39, 0.29) is 17.1 Å². The molecule has 0 saturated carbocycles. The third-order valence-electron chi connectivity index (χ3n) is 3.58. The second kappa shape index (κ2) is 7.03. The van der Waals surface area contributed by atoms with Gasteiger partial charge in [-0.1, -0.05) is 30.4 Å². The molecule has 0 aliphatic heterocycles. The lowest BCUT2D eigenvalue weighted by molar-refractivity contribution is -0.144. The molecule has 0 bridgehead atoms. The lowest BCUT2D eigenvalue weighted by atomic mass is 10.2. The summed E-state index contributed by atoms with van der Waals surface area (Å²) in [5.74, 6) is -0.787. The molecule has 0 aliphatic rings. The molecule has 1 heterocycles. The second-order valence-corrected chi connectivity index (χ2v) is 5.38. The molecule has 134 valence electrons. The molecule has 3 aromatic rings. The van der Waals surface area contributed by atoms with Crippen LogP contribution in [0.5, 0.6) is 17.4 Å². The van der Waals surface area contributed by atoms with Gasteiger partial charge in [0, 0.05) is 0 Å². The van der Waals surface area contributed by atoms with E-state index >= 15 is 0 Å². The lowest BCUT2D eigenvalue weighted by Gasteiger charge is -2.13. The van der Waals surface area contributed by atoms with Crippen LogP contribution in [0.15, 0.2) is 48.5 Å². The zero-order valence-corrected chi connectivity index (χ0v) is 14.0. The molecule has 26 heavy (non-hydrogen) atoms. The summed E-state index contributed by atoms with van der Waals surface area (Å²) >= 11 is 0. The molecule has 0 fully saturated rings. The summed E-state index contributed by atoms with van der Waals surface area (Å²) in [7, 11) is 1.46. The van der Waals surface area contributed by atoms with Crippen LogP contribution in [0.3, 0.4) is 0 Å². The van der Waals surface area contributed by atoms with Crippen molar-refractivity contribution in [2.24, 2.45) is 0 Å². The van der Waals surface area contributed by atoms with Crippen LogP contribution >= 0.6 is 0 Å². The number of aromatic nitrogens is 2. The highest BCUT2D eigenvalue weighted by atomic mass is 19.4. The van der Waals surface area contributed by atoms with Gasteiger partial charge in [-0.05, 0) is 36.8 Å². The number of nitrogens with zero attached hydrogens (tertiary/aromatic N) is 2. The highest BCUT2D eigenvalue weighted by Crippen LogP contribution is 2.36. The lowest BCUT2D eigenvalue weighted by Crippen LogP contribution is -2.12. The second-order valence-electron chi connectivity index (χ2n) is 5.38. The minimum absolute atomic E-state index is 0.148. The number of fused-ring (bicyclic) bond motifs is 1. The molecular weight excluding hydrogens is 345 g/mol. The van der Waals surface area contributed by atoms with Crippen molar-refractivity contribution in [3.05, 3.63) is 59.9 Å². The van der Waals surface area contributed by atoms with Gasteiger partial charge in [-0.15, -0.1) is 0 Å². The van der Waals surface area contributed by atoms with Crippen molar-refractivity contribution in [1.82, 2.24) is 9.97 Å². The maximum atomic E-state index is 13.1. The first-order valence-electron chi connectivity index (χ1n) is 7.75. The Labute approximate surface area is 147 Å². The van der Waals surface area contributed by atoms with E-state index in [2.05, 4.69) is 9.97 Å². The van der Waals surface area contributed by atoms with Crippen LogP contribution in [0.1, 0.15) is 18.3 Å². The van der Waals surface area contributed by atoms with E-state index in [4.69, 9.17) is 9.47 Å². The number of halogens is 3. The number of hydrogen-bond acceptors (Lipinski definition) is 4. The number of benzene rings is 2. The number of rotatable bonds is 4. The molecule has 0 unspecified atom stereocenters. The zero-order valence-electron chi connectivity index (χ0n) is 14.0. The summed E-state index contributed by atoms with van der Waals surface area (Å²) in [5.41, 5.74) is 1.02. The predicted octanol–water partition coefficient (Wildman–Crippen LogP) is 5.48. The first-order valence-corrected chi connectivity index (χ1v) is 7.75. The summed E-state index contributed by atoms with van der Waals surface area (Å²) in [6, 6.07) is 11.5. The molecule has 0 radical (unpaired) electrons. The van der Waals surface area contributed by atoms with E-state index in [0.29, 0.717) is 11.1 Å². The van der Waals surface area contributed by atoms with Crippen molar-refractivity contribution >= 4 is 17.0 Å². The van der Waals surface area contributed by atoms with Crippen LogP contribution in [0.25, 0.3) is 17.0 Å². The van der Waals surface area contributed by atoms with Gasteiger partial charge < -0.3 is 9.47 Å². The Kier molecular flexibility index (Phi) is 4.79. The molecule has 3 rings (SSSR count). The van der Waals surface area contributed by atoms with Crippen LogP contribution < -0.4 is 9.47 Å². The normalized spacial score (nSPS) is 11.9. The average molecular weight is 360 g/mol. The van der Waals surface area contributed by atoms with E-state index in [9.17, 15) is 13.2 Å². The van der Waals surface area contributed by atoms with Crippen molar-refractivity contribution in [1.29, 1.82) is 0 Å². The fourth-order valence-corrected chi connectivity index (χ4v) is 2.42. The number of allylic oxidation sites excluding steroid dienone is 1. The number of hydrogen-bond donors (Lipinski definition) is 0. The molecule has 4 nitrogen and oxygen atoms in total. The number of alkyl halides is 3. The molecule has 0 spiro atoms. The van der Waals surface area contributed by atoms with Crippen LogP contribution in [0.4, 0.5) is 13.2 Å². The van der Waals surface area contributed by atoms with Crippen LogP contribution in [-0.2, 0) is 6.18 Å². The molecule has 0 N–H and O–H groups in total. The highest BCUT2D eigenvalue weighted by molar-refractivity contribution is 5.83. The van der Waals surface area contributed by atoms with Crippen molar-refractivity contribution < 1.29 is 22.6 Å². The third kappa shape index (κ3) is 3.61.